The van der Waals surface area contributed by atoms with Crippen LogP contribution < -0.4 is 0 Å². The number of hydrogen-bond donors (Lipinski definition) is 0. The van der Waals surface area contributed by atoms with Gasteiger partial charge in [-0.15, -0.1) is 0 Å². The van der Waals surface area contributed by atoms with Crippen molar-refractivity contribution in [3.63, 3.8) is 0 Å². The molecule has 0 saturated carbocycles. The lowest BCUT2D eigenvalue weighted by Crippen LogP contribution is -1.87. The minimum absolute atomic E-state index is 0.389. The summed E-state index contributed by atoms with van der Waals surface area (Å²) in [5, 5.41) is 0. The van der Waals surface area contributed by atoms with Crippen molar-refractivity contribution < 1.29 is 0 Å². The van der Waals surface area contributed by atoms with E-state index in [0.29, 0.717) is 9.52 Å². The van der Waals surface area contributed by atoms with E-state index in [1.807, 2.05) is 0 Å². The van der Waals surface area contributed by atoms with E-state index in [-0.39, 0.29) is 0 Å². The van der Waals surface area contributed by atoms with Crippen LogP contribution in [0.15, 0.2) is 0 Å². The molecule has 0 atom stereocenters. The summed E-state index contributed by atoms with van der Waals surface area (Å²) in [6, 6.07) is 3.19. The Morgan fingerprint density at radius 2 is 1.33 bits per heavy atom. The second-order valence-corrected chi connectivity index (χ2v) is 4.89. The average Bonchev–Trinajstić information content (AvgIpc) is 1.89. The summed E-state index contributed by atoms with van der Waals surface area (Å²) in [6.07, 6.45) is 5.80. The molecule has 1 heteroatoms. The molecule has 0 radical (unpaired) electrons. The van der Waals surface area contributed by atoms with Crippen LogP contribution >= 0.6 is 0 Å². The quantitative estimate of drug-likeness (QED) is 0.397. The van der Waals surface area contributed by atoms with E-state index in [1.165, 1.54) is 25.7 Å². The van der Waals surface area contributed by atoms with E-state index in [0.717, 1.165) is 0 Å². The maximum atomic E-state index is 2.29. The highest BCUT2D eigenvalue weighted by Crippen LogP contribution is 1.99. The first kappa shape index (κ1) is 9.22. The molecule has 0 N–H and O–H groups in total. The minimum Gasteiger partial charge on any atom is -0.0654 e. The maximum absolute atomic E-state index is 2.29. The van der Waals surface area contributed by atoms with Gasteiger partial charge in [0.1, 0.15) is 0 Å². The van der Waals surface area contributed by atoms with E-state index in [2.05, 4.69) is 13.8 Å². The summed E-state index contributed by atoms with van der Waals surface area (Å²) in [5.74, 6) is 0. The van der Waals surface area contributed by atoms with E-state index < -0.39 is 0 Å². The zero-order chi connectivity index (χ0) is 6.95. The molecule has 0 aliphatic rings. The van der Waals surface area contributed by atoms with Gasteiger partial charge in [-0.05, 0) is 0 Å². The lowest BCUT2D eigenvalue weighted by Gasteiger charge is -1.95. The first-order valence-corrected chi connectivity index (χ1v) is 6.41. The van der Waals surface area contributed by atoms with Crippen molar-refractivity contribution in [1.29, 1.82) is 0 Å². The summed E-state index contributed by atoms with van der Waals surface area (Å²) in [7, 11) is 0.389. The van der Waals surface area contributed by atoms with E-state index >= 15 is 0 Å². The van der Waals surface area contributed by atoms with Crippen LogP contribution in [0.5, 0.6) is 0 Å². The molecule has 0 amide bonds. The van der Waals surface area contributed by atoms with Crippen LogP contribution in [-0.2, 0) is 0 Å². The molecule has 0 heterocycles. The third-order valence-electron chi connectivity index (χ3n) is 1.71. The second kappa shape index (κ2) is 8.22. The minimum atomic E-state index is 0.389. The van der Waals surface area contributed by atoms with Gasteiger partial charge in [0.15, 0.2) is 0 Å². The molecule has 0 aliphatic carbocycles. The van der Waals surface area contributed by atoms with Gasteiger partial charge in [0.2, 0.25) is 0 Å². The number of hydrogen-bond acceptors (Lipinski definition) is 0. The molecule has 0 nitrogen and oxygen atoms in total. The highest BCUT2D eigenvalue weighted by atomic mass is 28.2. The molecule has 0 rings (SSSR count). The maximum Gasteiger partial charge on any atom is 0.0197 e. The van der Waals surface area contributed by atoms with Crippen molar-refractivity contribution >= 4 is 9.52 Å². The fourth-order valence-corrected chi connectivity index (χ4v) is 3.09. The Labute approximate surface area is 61.9 Å². The topological polar surface area (TPSA) is 0 Å². The van der Waals surface area contributed by atoms with Gasteiger partial charge < -0.3 is 0 Å². The van der Waals surface area contributed by atoms with Gasteiger partial charge in [0, 0.05) is 9.52 Å². The Kier molecular flexibility index (Phi) is 8.41. The van der Waals surface area contributed by atoms with Crippen LogP contribution in [0.4, 0.5) is 0 Å². The molecular formula is C8H20Si. The predicted octanol–water partition coefficient (Wildman–Crippen LogP) is 2.59. The van der Waals surface area contributed by atoms with Gasteiger partial charge in [-0.1, -0.05) is 51.6 Å². The highest BCUT2D eigenvalue weighted by molar-refractivity contribution is 6.35. The molecule has 0 aromatic rings. The summed E-state index contributed by atoms with van der Waals surface area (Å²) < 4.78 is 0. The largest absolute Gasteiger partial charge is 0.0654 e. The summed E-state index contributed by atoms with van der Waals surface area (Å²) in [5.41, 5.74) is 0. The fourth-order valence-electron chi connectivity index (χ4n) is 1.03. The van der Waals surface area contributed by atoms with E-state index in [9.17, 15) is 0 Å². The first-order valence-electron chi connectivity index (χ1n) is 4.41. The van der Waals surface area contributed by atoms with Crippen molar-refractivity contribution in [2.45, 2.75) is 51.6 Å². The predicted molar refractivity (Wildman–Crippen MR) is 48.0 cm³/mol. The Morgan fingerprint density at radius 3 is 1.67 bits per heavy atom. The van der Waals surface area contributed by atoms with E-state index in [4.69, 9.17) is 0 Å². The lowest BCUT2D eigenvalue weighted by atomic mass is 10.4. The molecule has 0 spiro atoms. The molecule has 0 aromatic carbocycles. The second-order valence-electron chi connectivity index (χ2n) is 2.77. The molecule has 9 heavy (non-hydrogen) atoms. The molecule has 56 valence electrons. The van der Waals surface area contributed by atoms with Crippen molar-refractivity contribution in [3.05, 3.63) is 0 Å². The third kappa shape index (κ3) is 8.22. The summed E-state index contributed by atoms with van der Waals surface area (Å²) in [6.45, 7) is 4.57. The van der Waals surface area contributed by atoms with Crippen LogP contribution in [0.3, 0.4) is 0 Å². The van der Waals surface area contributed by atoms with Crippen molar-refractivity contribution in [2.75, 3.05) is 0 Å². The lowest BCUT2D eigenvalue weighted by molar-refractivity contribution is 0.851. The Balaban J connectivity index is 2.60. The Bertz CT molecular complexity index is 37.8. The number of rotatable bonds is 6. The molecule has 0 fully saturated rings. The van der Waals surface area contributed by atoms with Crippen LogP contribution in [0.1, 0.15) is 39.5 Å². The van der Waals surface area contributed by atoms with Crippen LogP contribution in [0, 0.1) is 0 Å². The summed E-state index contributed by atoms with van der Waals surface area (Å²) >= 11 is 0. The van der Waals surface area contributed by atoms with Gasteiger partial charge in [-0.2, -0.15) is 0 Å². The molecule has 0 aliphatic heterocycles. The van der Waals surface area contributed by atoms with Gasteiger partial charge >= 0.3 is 0 Å². The van der Waals surface area contributed by atoms with Crippen molar-refractivity contribution in [1.82, 2.24) is 0 Å². The van der Waals surface area contributed by atoms with Crippen molar-refractivity contribution in [3.8, 4) is 0 Å². The standard InChI is InChI=1S/C8H20Si/c1-3-5-7-9-8-6-4-2/h3-9H2,1-2H3. The third-order valence-corrected chi connectivity index (χ3v) is 3.71. The van der Waals surface area contributed by atoms with Gasteiger partial charge in [-0.25, -0.2) is 0 Å². The number of unbranched alkanes of at least 4 members (excludes halogenated alkanes) is 2. The zero-order valence-electron chi connectivity index (χ0n) is 6.95. The SMILES string of the molecule is CCCC[SiH2]CCCC. The fraction of sp³-hybridized carbons (Fsp3) is 1.00. The van der Waals surface area contributed by atoms with Crippen LogP contribution in [0.2, 0.25) is 12.1 Å². The highest BCUT2D eigenvalue weighted by Gasteiger charge is 1.86. The monoisotopic (exact) mass is 144 g/mol. The van der Waals surface area contributed by atoms with Gasteiger partial charge in [0.25, 0.3) is 0 Å². The Hall–Kier alpha value is 0.217. The molecule has 0 saturated heterocycles. The molecule has 0 bridgehead atoms. The van der Waals surface area contributed by atoms with Crippen LogP contribution in [-0.4, -0.2) is 9.52 Å². The Morgan fingerprint density at radius 1 is 0.889 bits per heavy atom. The molecule has 0 unspecified atom stereocenters. The van der Waals surface area contributed by atoms with Crippen molar-refractivity contribution in [2.24, 2.45) is 0 Å². The molecular weight excluding hydrogens is 124 g/mol. The average molecular weight is 144 g/mol. The van der Waals surface area contributed by atoms with E-state index in [1.54, 1.807) is 12.1 Å². The van der Waals surface area contributed by atoms with Gasteiger partial charge in [-0.3, -0.25) is 0 Å². The summed E-state index contributed by atoms with van der Waals surface area (Å²) in [4.78, 5) is 0. The zero-order valence-corrected chi connectivity index (χ0v) is 8.36. The normalized spacial score (nSPS) is 10.0. The first-order chi connectivity index (χ1) is 4.41. The van der Waals surface area contributed by atoms with Crippen LogP contribution in [0.25, 0.3) is 0 Å². The molecule has 0 aromatic heterocycles. The smallest absolute Gasteiger partial charge is 0.0197 e. The van der Waals surface area contributed by atoms with Gasteiger partial charge in [0.05, 0.1) is 0 Å².